The van der Waals surface area contributed by atoms with E-state index in [0.717, 1.165) is 5.56 Å². The molecule has 2 atom stereocenters. The van der Waals surface area contributed by atoms with Crippen molar-refractivity contribution in [3.8, 4) is 0 Å². The normalized spacial score (nSPS) is 22.9. The second kappa shape index (κ2) is 4.94. The predicted molar refractivity (Wildman–Crippen MR) is 61.5 cm³/mol. The highest BCUT2D eigenvalue weighted by Crippen LogP contribution is 2.35. The van der Waals surface area contributed by atoms with E-state index in [2.05, 4.69) is 10.3 Å². The van der Waals surface area contributed by atoms with E-state index in [1.165, 1.54) is 24.8 Å². The standard InChI is InChI=1S/C11H15FN2S/c1-13-11(10-3-2-4-15-10)8-5-9(12)7-14-6-8/h5-7,10-11,13H,2-4H2,1H3. The highest BCUT2D eigenvalue weighted by atomic mass is 32.2. The van der Waals surface area contributed by atoms with Crippen LogP contribution in [0.15, 0.2) is 18.5 Å². The fourth-order valence-corrected chi connectivity index (χ4v) is 3.49. The first kappa shape index (κ1) is 10.9. The number of nitrogens with zero attached hydrogens (tertiary/aromatic N) is 1. The van der Waals surface area contributed by atoms with Crippen molar-refractivity contribution in [1.29, 1.82) is 0 Å². The summed E-state index contributed by atoms with van der Waals surface area (Å²) in [5, 5.41) is 3.81. The summed E-state index contributed by atoms with van der Waals surface area (Å²) in [6.45, 7) is 0. The summed E-state index contributed by atoms with van der Waals surface area (Å²) in [6, 6.07) is 1.80. The van der Waals surface area contributed by atoms with Crippen molar-refractivity contribution in [2.45, 2.75) is 24.1 Å². The Morgan fingerprint density at radius 3 is 3.07 bits per heavy atom. The Morgan fingerprint density at radius 1 is 1.60 bits per heavy atom. The van der Waals surface area contributed by atoms with Gasteiger partial charge in [-0.05, 0) is 37.3 Å². The highest BCUT2D eigenvalue weighted by molar-refractivity contribution is 8.00. The van der Waals surface area contributed by atoms with Gasteiger partial charge in [-0.1, -0.05) is 0 Å². The van der Waals surface area contributed by atoms with E-state index in [0.29, 0.717) is 5.25 Å². The maximum atomic E-state index is 13.1. The van der Waals surface area contributed by atoms with Crippen LogP contribution in [0, 0.1) is 5.82 Å². The van der Waals surface area contributed by atoms with Crippen LogP contribution in [0.5, 0.6) is 0 Å². The zero-order valence-electron chi connectivity index (χ0n) is 8.74. The lowest BCUT2D eigenvalue weighted by Crippen LogP contribution is -2.25. The smallest absolute Gasteiger partial charge is 0.141 e. The van der Waals surface area contributed by atoms with Crippen molar-refractivity contribution >= 4 is 11.8 Å². The molecule has 82 valence electrons. The largest absolute Gasteiger partial charge is 0.312 e. The molecule has 1 fully saturated rings. The van der Waals surface area contributed by atoms with Crippen LogP contribution in [0.1, 0.15) is 24.4 Å². The molecule has 2 unspecified atom stereocenters. The molecule has 0 aliphatic carbocycles. The Kier molecular flexibility index (Phi) is 3.59. The van der Waals surface area contributed by atoms with Gasteiger partial charge < -0.3 is 5.32 Å². The molecule has 0 saturated carbocycles. The second-order valence-electron chi connectivity index (χ2n) is 3.75. The van der Waals surface area contributed by atoms with E-state index in [1.54, 1.807) is 12.3 Å². The lowest BCUT2D eigenvalue weighted by atomic mass is 10.0. The van der Waals surface area contributed by atoms with Crippen LogP contribution in [0.4, 0.5) is 4.39 Å². The van der Waals surface area contributed by atoms with Crippen molar-refractivity contribution in [3.63, 3.8) is 0 Å². The molecule has 1 N–H and O–H groups in total. The van der Waals surface area contributed by atoms with E-state index in [4.69, 9.17) is 0 Å². The number of halogens is 1. The molecule has 0 aromatic carbocycles. The maximum Gasteiger partial charge on any atom is 0.141 e. The molecular weight excluding hydrogens is 211 g/mol. The van der Waals surface area contributed by atoms with Gasteiger partial charge in [0.25, 0.3) is 0 Å². The van der Waals surface area contributed by atoms with Crippen LogP contribution in [0.3, 0.4) is 0 Å². The summed E-state index contributed by atoms with van der Waals surface area (Å²) < 4.78 is 13.1. The first-order valence-electron chi connectivity index (χ1n) is 5.20. The van der Waals surface area contributed by atoms with E-state index in [9.17, 15) is 4.39 Å². The molecule has 2 rings (SSSR count). The zero-order valence-corrected chi connectivity index (χ0v) is 9.56. The van der Waals surface area contributed by atoms with Crippen molar-refractivity contribution in [2.24, 2.45) is 0 Å². The van der Waals surface area contributed by atoms with Gasteiger partial charge in [0, 0.05) is 17.5 Å². The second-order valence-corrected chi connectivity index (χ2v) is 5.10. The Morgan fingerprint density at radius 2 is 2.47 bits per heavy atom. The van der Waals surface area contributed by atoms with Gasteiger partial charge in [0.05, 0.1) is 6.20 Å². The minimum Gasteiger partial charge on any atom is -0.312 e. The van der Waals surface area contributed by atoms with Gasteiger partial charge in [-0.15, -0.1) is 0 Å². The van der Waals surface area contributed by atoms with Gasteiger partial charge in [-0.2, -0.15) is 11.8 Å². The molecule has 1 aliphatic rings. The monoisotopic (exact) mass is 226 g/mol. The average Bonchev–Trinajstić information content (AvgIpc) is 2.72. The average molecular weight is 226 g/mol. The molecule has 1 aromatic heterocycles. The number of hydrogen-bond donors (Lipinski definition) is 1. The van der Waals surface area contributed by atoms with Crippen molar-refractivity contribution < 1.29 is 4.39 Å². The summed E-state index contributed by atoms with van der Waals surface area (Å²) in [5.74, 6) is 0.960. The Bertz CT molecular complexity index is 326. The van der Waals surface area contributed by atoms with Gasteiger partial charge in [0.2, 0.25) is 0 Å². The van der Waals surface area contributed by atoms with E-state index in [1.807, 2.05) is 18.8 Å². The summed E-state index contributed by atoms with van der Waals surface area (Å²) >= 11 is 1.96. The van der Waals surface area contributed by atoms with Gasteiger partial charge in [-0.3, -0.25) is 4.98 Å². The summed E-state index contributed by atoms with van der Waals surface area (Å²) in [6.07, 6.45) is 5.46. The number of rotatable bonds is 3. The molecule has 0 bridgehead atoms. The molecule has 0 amide bonds. The molecular formula is C11H15FN2S. The van der Waals surface area contributed by atoms with Crippen LogP contribution in [-0.4, -0.2) is 23.0 Å². The lowest BCUT2D eigenvalue weighted by Gasteiger charge is -2.22. The van der Waals surface area contributed by atoms with Crippen molar-refractivity contribution in [2.75, 3.05) is 12.8 Å². The maximum absolute atomic E-state index is 13.1. The molecule has 2 heterocycles. The van der Waals surface area contributed by atoms with Crippen molar-refractivity contribution in [1.82, 2.24) is 10.3 Å². The Labute approximate surface area is 93.7 Å². The molecule has 1 aliphatic heterocycles. The first-order chi connectivity index (χ1) is 7.31. The fourth-order valence-electron chi connectivity index (χ4n) is 2.03. The lowest BCUT2D eigenvalue weighted by molar-refractivity contribution is 0.541. The Hall–Kier alpha value is -0.610. The third-order valence-electron chi connectivity index (χ3n) is 2.73. The van der Waals surface area contributed by atoms with E-state index < -0.39 is 0 Å². The minimum atomic E-state index is -0.254. The van der Waals surface area contributed by atoms with Gasteiger partial charge in [-0.25, -0.2) is 4.39 Å². The molecule has 2 nitrogen and oxygen atoms in total. The molecule has 15 heavy (non-hydrogen) atoms. The molecule has 0 radical (unpaired) electrons. The van der Waals surface area contributed by atoms with Crippen LogP contribution in [0.2, 0.25) is 0 Å². The van der Waals surface area contributed by atoms with E-state index in [-0.39, 0.29) is 11.9 Å². The fraction of sp³-hybridized carbons (Fsp3) is 0.545. The minimum absolute atomic E-state index is 0.223. The van der Waals surface area contributed by atoms with Gasteiger partial charge in [0.1, 0.15) is 5.82 Å². The first-order valence-corrected chi connectivity index (χ1v) is 6.25. The number of nitrogens with one attached hydrogen (secondary N) is 1. The third kappa shape index (κ3) is 2.49. The van der Waals surface area contributed by atoms with Gasteiger partial charge >= 0.3 is 0 Å². The number of hydrogen-bond acceptors (Lipinski definition) is 3. The SMILES string of the molecule is CNC(c1cncc(F)c1)C1CCCS1. The molecule has 1 saturated heterocycles. The predicted octanol–water partition coefficient (Wildman–Crippen LogP) is 2.38. The topological polar surface area (TPSA) is 24.9 Å². The van der Waals surface area contributed by atoms with Gasteiger partial charge in [0.15, 0.2) is 0 Å². The molecule has 0 spiro atoms. The molecule has 1 aromatic rings. The Balaban J connectivity index is 2.18. The number of thioether (sulfide) groups is 1. The number of pyridine rings is 1. The van der Waals surface area contributed by atoms with Crippen LogP contribution in [0.25, 0.3) is 0 Å². The summed E-state index contributed by atoms with van der Waals surface area (Å²) in [7, 11) is 1.93. The van der Waals surface area contributed by atoms with Crippen molar-refractivity contribution in [3.05, 3.63) is 29.8 Å². The number of aromatic nitrogens is 1. The quantitative estimate of drug-likeness (QED) is 0.856. The molecule has 4 heteroatoms. The van der Waals surface area contributed by atoms with Crippen LogP contribution >= 0.6 is 11.8 Å². The third-order valence-corrected chi connectivity index (χ3v) is 4.19. The van der Waals surface area contributed by atoms with Crippen LogP contribution in [-0.2, 0) is 0 Å². The highest BCUT2D eigenvalue weighted by Gasteiger charge is 2.26. The summed E-state index contributed by atoms with van der Waals surface area (Å²) in [4.78, 5) is 3.90. The summed E-state index contributed by atoms with van der Waals surface area (Å²) in [5.41, 5.74) is 0.955. The van der Waals surface area contributed by atoms with E-state index >= 15 is 0 Å². The zero-order chi connectivity index (χ0) is 10.7. The van der Waals surface area contributed by atoms with Crippen LogP contribution < -0.4 is 5.32 Å².